The van der Waals surface area contributed by atoms with E-state index in [9.17, 15) is 17.6 Å². The molecule has 0 radical (unpaired) electrons. The fourth-order valence-corrected chi connectivity index (χ4v) is 3.25. The number of unbranched alkanes of at least 4 members (excludes halogenated alkanes) is 3. The normalized spacial score (nSPS) is 9.91. The fourth-order valence-electron chi connectivity index (χ4n) is 3.16. The Balaban J connectivity index is 1.82. The van der Waals surface area contributed by atoms with Gasteiger partial charge >= 0.3 is 0 Å². The van der Waals surface area contributed by atoms with Gasteiger partial charge in [-0.1, -0.05) is 55.6 Å². The van der Waals surface area contributed by atoms with Crippen molar-refractivity contribution in [2.45, 2.75) is 32.6 Å². The molecule has 0 saturated heterocycles. The lowest BCUT2D eigenvalue weighted by molar-refractivity contribution is 0.578. The molecule has 0 saturated carbocycles. The fraction of sp³-hybridized carbons (Fsp3) is 0.179. The number of hydrogen-bond acceptors (Lipinski definition) is 2. The Kier molecular flexibility index (Phi) is 8.77. The zero-order valence-corrected chi connectivity index (χ0v) is 19.1. The lowest BCUT2D eigenvalue weighted by Gasteiger charge is -2.05. The molecule has 0 amide bonds. The molecule has 34 heavy (non-hydrogen) atoms. The summed E-state index contributed by atoms with van der Waals surface area (Å²) in [7, 11) is 0. The van der Waals surface area contributed by atoms with Crippen molar-refractivity contribution >= 4 is 23.1 Å². The molecule has 0 bridgehead atoms. The van der Waals surface area contributed by atoms with Crippen LogP contribution in [0.5, 0.6) is 0 Å². The van der Waals surface area contributed by atoms with Gasteiger partial charge in [0.15, 0.2) is 11.6 Å². The number of rotatable bonds is 5. The number of aliphatic imine (C=N–C) groups is 1. The van der Waals surface area contributed by atoms with Gasteiger partial charge < -0.3 is 0 Å². The zero-order valence-electron chi connectivity index (χ0n) is 18.3. The van der Waals surface area contributed by atoms with E-state index in [0.29, 0.717) is 11.1 Å². The molecular formula is C28H19F4NS. The molecule has 170 valence electrons. The van der Waals surface area contributed by atoms with Crippen molar-refractivity contribution in [3.63, 3.8) is 0 Å². The molecule has 0 aliphatic carbocycles. The SMILES string of the molecule is CCCCCC#Cc1ccc(-c2cc(F)c(C#Cc3cc(F)c(N=C=S)c(F)c3)c(F)c2)cc1. The van der Waals surface area contributed by atoms with Gasteiger partial charge in [0.05, 0.1) is 10.7 Å². The summed E-state index contributed by atoms with van der Waals surface area (Å²) < 4.78 is 57.1. The van der Waals surface area contributed by atoms with Crippen molar-refractivity contribution < 1.29 is 17.6 Å². The summed E-state index contributed by atoms with van der Waals surface area (Å²) in [5.74, 6) is 7.11. The molecule has 0 fully saturated rings. The highest BCUT2D eigenvalue weighted by Crippen LogP contribution is 2.26. The highest BCUT2D eigenvalue weighted by Gasteiger charge is 2.12. The van der Waals surface area contributed by atoms with E-state index in [-0.39, 0.29) is 5.56 Å². The second-order valence-corrected chi connectivity index (χ2v) is 7.58. The van der Waals surface area contributed by atoms with Gasteiger partial charge in [0.25, 0.3) is 0 Å². The highest BCUT2D eigenvalue weighted by molar-refractivity contribution is 7.78. The van der Waals surface area contributed by atoms with Crippen LogP contribution in [0, 0.1) is 47.0 Å². The average Bonchev–Trinajstić information content (AvgIpc) is 2.81. The molecule has 0 aromatic heterocycles. The van der Waals surface area contributed by atoms with Gasteiger partial charge in [-0.3, -0.25) is 0 Å². The molecule has 6 heteroatoms. The number of benzene rings is 3. The summed E-state index contributed by atoms with van der Waals surface area (Å²) >= 11 is 4.34. The Morgan fingerprint density at radius 2 is 1.38 bits per heavy atom. The minimum absolute atomic E-state index is 0.104. The maximum atomic E-state index is 14.6. The second kappa shape index (κ2) is 12.0. The molecule has 0 spiro atoms. The molecule has 3 aromatic carbocycles. The number of nitrogens with zero attached hydrogens (tertiary/aromatic N) is 1. The molecule has 0 unspecified atom stereocenters. The van der Waals surface area contributed by atoms with Crippen LogP contribution in [0.3, 0.4) is 0 Å². The lowest BCUT2D eigenvalue weighted by atomic mass is 10.0. The minimum Gasteiger partial charge on any atom is -0.205 e. The summed E-state index contributed by atoms with van der Waals surface area (Å²) in [5, 5.41) is 1.88. The smallest absolute Gasteiger partial charge is 0.153 e. The molecule has 0 N–H and O–H groups in total. The predicted molar refractivity (Wildman–Crippen MR) is 130 cm³/mol. The van der Waals surface area contributed by atoms with Gasteiger partial charge in [-0.2, -0.15) is 4.99 Å². The van der Waals surface area contributed by atoms with E-state index in [4.69, 9.17) is 0 Å². The highest BCUT2D eigenvalue weighted by atomic mass is 32.1. The summed E-state index contributed by atoms with van der Waals surface area (Å²) in [5.41, 5.74) is 0.573. The number of halogens is 4. The van der Waals surface area contributed by atoms with Gasteiger partial charge in [-0.05, 0) is 66.2 Å². The maximum Gasteiger partial charge on any atom is 0.153 e. The summed E-state index contributed by atoms with van der Waals surface area (Å²) in [4.78, 5) is 3.30. The molecule has 0 heterocycles. The third kappa shape index (κ3) is 6.42. The van der Waals surface area contributed by atoms with Gasteiger partial charge in [0.2, 0.25) is 0 Å². The third-order valence-electron chi connectivity index (χ3n) is 4.90. The first kappa shape index (κ1) is 24.9. The second-order valence-electron chi connectivity index (χ2n) is 7.39. The van der Waals surface area contributed by atoms with Crippen LogP contribution in [0.15, 0.2) is 53.5 Å². The summed E-state index contributed by atoms with van der Waals surface area (Å²) in [6.07, 6.45) is 4.18. The van der Waals surface area contributed by atoms with E-state index >= 15 is 0 Å². The van der Waals surface area contributed by atoms with Crippen LogP contribution in [0.4, 0.5) is 23.2 Å². The minimum atomic E-state index is -1.01. The van der Waals surface area contributed by atoms with Gasteiger partial charge in [0, 0.05) is 17.5 Å². The van der Waals surface area contributed by atoms with E-state index < -0.39 is 34.5 Å². The van der Waals surface area contributed by atoms with Crippen molar-refractivity contribution in [2.75, 3.05) is 0 Å². The summed E-state index contributed by atoms with van der Waals surface area (Å²) in [6.45, 7) is 2.14. The molecule has 0 aliphatic rings. The van der Waals surface area contributed by atoms with E-state index in [0.717, 1.165) is 55.5 Å². The van der Waals surface area contributed by atoms with Crippen molar-refractivity contribution in [3.05, 3.63) is 88.5 Å². The molecule has 1 nitrogen and oxygen atoms in total. The van der Waals surface area contributed by atoms with Crippen LogP contribution in [0.1, 0.15) is 49.3 Å². The lowest BCUT2D eigenvalue weighted by Crippen LogP contribution is -1.93. The van der Waals surface area contributed by atoms with Crippen molar-refractivity contribution in [2.24, 2.45) is 4.99 Å². The van der Waals surface area contributed by atoms with Crippen LogP contribution >= 0.6 is 12.2 Å². The van der Waals surface area contributed by atoms with Crippen molar-refractivity contribution in [1.82, 2.24) is 0 Å². The van der Waals surface area contributed by atoms with Crippen molar-refractivity contribution in [3.8, 4) is 34.8 Å². The van der Waals surface area contributed by atoms with Gasteiger partial charge in [0.1, 0.15) is 17.3 Å². The maximum absolute atomic E-state index is 14.6. The van der Waals surface area contributed by atoms with Crippen LogP contribution in [0.25, 0.3) is 11.1 Å². The number of hydrogen-bond donors (Lipinski definition) is 0. The van der Waals surface area contributed by atoms with Crippen molar-refractivity contribution in [1.29, 1.82) is 0 Å². The molecule has 3 rings (SSSR count). The molecule has 0 aliphatic heterocycles. The van der Waals surface area contributed by atoms with Gasteiger partial charge in [-0.25, -0.2) is 17.6 Å². The first-order valence-corrected chi connectivity index (χ1v) is 11.0. The molecule has 3 aromatic rings. The predicted octanol–water partition coefficient (Wildman–Crippen LogP) is 7.98. The quantitative estimate of drug-likeness (QED) is 0.119. The van der Waals surface area contributed by atoms with Crippen LogP contribution < -0.4 is 0 Å². The number of isothiocyanates is 1. The average molecular weight is 478 g/mol. The first-order valence-electron chi connectivity index (χ1n) is 10.6. The van der Waals surface area contributed by atoms with Crippen LogP contribution in [0.2, 0.25) is 0 Å². The molecular weight excluding hydrogens is 458 g/mol. The largest absolute Gasteiger partial charge is 0.205 e. The Morgan fingerprint density at radius 3 is 1.97 bits per heavy atom. The van der Waals surface area contributed by atoms with Crippen LogP contribution in [-0.4, -0.2) is 5.16 Å². The topological polar surface area (TPSA) is 12.4 Å². The van der Waals surface area contributed by atoms with E-state index in [2.05, 4.69) is 47.8 Å². The standard InChI is InChI=1S/C28H19F4NS/c1-2-3-4-5-6-7-19-8-11-21(12-9-19)22-16-24(29)23(25(30)17-22)13-10-20-14-26(31)28(33-18-34)27(32)15-20/h8-9,11-12,14-17H,2-5H2,1H3. The number of thiocarbonyl (C=S) groups is 1. The van der Waals surface area contributed by atoms with Crippen LogP contribution in [-0.2, 0) is 0 Å². The molecule has 0 atom stereocenters. The Morgan fingerprint density at radius 1 is 0.735 bits per heavy atom. The van der Waals surface area contributed by atoms with Gasteiger partial charge in [-0.15, -0.1) is 0 Å². The van der Waals surface area contributed by atoms with E-state index in [1.54, 1.807) is 24.3 Å². The monoisotopic (exact) mass is 477 g/mol. The Hall–Kier alpha value is -3.70. The van der Waals surface area contributed by atoms with E-state index in [1.807, 2.05) is 5.16 Å². The Labute approximate surface area is 201 Å². The Bertz CT molecular complexity index is 1320. The third-order valence-corrected chi connectivity index (χ3v) is 5.00. The first-order chi connectivity index (χ1) is 16.4. The summed E-state index contributed by atoms with van der Waals surface area (Å²) in [6, 6.07) is 11.2. The zero-order chi connectivity index (χ0) is 24.5. The van der Waals surface area contributed by atoms with E-state index in [1.165, 1.54) is 0 Å².